The first-order valence-electron chi connectivity index (χ1n) is 5.45. The predicted molar refractivity (Wildman–Crippen MR) is 83.0 cm³/mol. The average Bonchev–Trinajstić information content (AvgIpc) is 2.41. The fourth-order valence-electron chi connectivity index (χ4n) is 1.57. The normalized spacial score (nSPS) is 10.2. The third-order valence-corrected chi connectivity index (χ3v) is 3.65. The van der Waals surface area contributed by atoms with Crippen molar-refractivity contribution in [1.82, 2.24) is 4.98 Å². The smallest absolute Gasteiger partial charge is 0.319 e. The number of rotatable bonds is 3. The van der Waals surface area contributed by atoms with Crippen molar-refractivity contribution in [1.29, 1.82) is 0 Å². The number of anilines is 1. The summed E-state index contributed by atoms with van der Waals surface area (Å²) in [5, 5.41) is 13.7. The highest BCUT2D eigenvalue weighted by molar-refractivity contribution is 9.10. The molecule has 1 N–H and O–H groups in total. The largest absolute Gasteiger partial charge is 0.321 e. The van der Waals surface area contributed by atoms with Gasteiger partial charge in [0.15, 0.2) is 0 Å². The van der Waals surface area contributed by atoms with Gasteiger partial charge in [0.2, 0.25) is 5.15 Å². The number of amides is 1. The van der Waals surface area contributed by atoms with E-state index in [0.717, 1.165) is 0 Å². The zero-order valence-electron chi connectivity index (χ0n) is 10.1. The Kier molecular flexibility index (Phi) is 4.76. The number of nitrogens with one attached hydrogen (secondary N) is 1. The number of hydrogen-bond acceptors (Lipinski definition) is 4. The zero-order chi connectivity index (χ0) is 15.6. The minimum atomic E-state index is -0.749. The van der Waals surface area contributed by atoms with Gasteiger partial charge in [0.1, 0.15) is 5.56 Å². The molecular formula is C12H6BrCl2N3O3. The summed E-state index contributed by atoms with van der Waals surface area (Å²) >= 11 is 14.7. The van der Waals surface area contributed by atoms with Crippen LogP contribution in [-0.2, 0) is 0 Å². The minimum Gasteiger partial charge on any atom is -0.321 e. The van der Waals surface area contributed by atoms with E-state index in [1.807, 2.05) is 0 Å². The molecule has 0 aliphatic rings. The molecule has 1 aromatic heterocycles. The van der Waals surface area contributed by atoms with Gasteiger partial charge < -0.3 is 5.32 Å². The van der Waals surface area contributed by atoms with Crippen molar-refractivity contribution in [3.8, 4) is 0 Å². The van der Waals surface area contributed by atoms with Crippen molar-refractivity contribution in [2.75, 3.05) is 5.32 Å². The fourth-order valence-corrected chi connectivity index (χ4v) is 2.57. The predicted octanol–water partition coefficient (Wildman–Crippen LogP) is 4.31. The van der Waals surface area contributed by atoms with Gasteiger partial charge in [-0.25, -0.2) is 4.98 Å². The van der Waals surface area contributed by atoms with Crippen LogP contribution < -0.4 is 5.32 Å². The van der Waals surface area contributed by atoms with E-state index >= 15 is 0 Å². The second kappa shape index (κ2) is 6.38. The van der Waals surface area contributed by atoms with Gasteiger partial charge in [-0.05, 0) is 40.2 Å². The molecule has 1 aromatic carbocycles. The maximum Gasteiger partial charge on any atom is 0.319 e. The van der Waals surface area contributed by atoms with Crippen LogP contribution in [0.2, 0.25) is 10.2 Å². The first-order valence-corrected chi connectivity index (χ1v) is 7.00. The Morgan fingerprint density at radius 2 is 2.05 bits per heavy atom. The summed E-state index contributed by atoms with van der Waals surface area (Å²) in [5.41, 5.74) is -0.296. The highest BCUT2D eigenvalue weighted by atomic mass is 79.9. The molecule has 2 aromatic rings. The van der Waals surface area contributed by atoms with Gasteiger partial charge in [0, 0.05) is 15.7 Å². The number of benzene rings is 1. The Balaban J connectivity index is 2.37. The molecule has 2 rings (SSSR count). The second-order valence-electron chi connectivity index (χ2n) is 3.83. The fraction of sp³-hybridized carbons (Fsp3) is 0. The molecule has 0 saturated carbocycles. The van der Waals surface area contributed by atoms with Crippen LogP contribution in [0.1, 0.15) is 10.4 Å². The summed E-state index contributed by atoms with van der Waals surface area (Å²) in [4.78, 5) is 26.0. The Morgan fingerprint density at radius 1 is 1.33 bits per heavy atom. The van der Waals surface area contributed by atoms with Crippen LogP contribution in [0, 0.1) is 10.1 Å². The lowest BCUT2D eigenvalue weighted by Gasteiger charge is -2.08. The van der Waals surface area contributed by atoms with Gasteiger partial charge in [0.25, 0.3) is 5.91 Å². The molecule has 9 heteroatoms. The molecule has 0 aliphatic heterocycles. The number of carbonyl (C=O) groups is 1. The molecule has 21 heavy (non-hydrogen) atoms. The molecule has 0 aliphatic carbocycles. The van der Waals surface area contributed by atoms with Crippen LogP contribution in [0.3, 0.4) is 0 Å². The zero-order valence-corrected chi connectivity index (χ0v) is 13.2. The van der Waals surface area contributed by atoms with Gasteiger partial charge in [0.05, 0.1) is 10.6 Å². The monoisotopic (exact) mass is 389 g/mol. The lowest BCUT2D eigenvalue weighted by molar-refractivity contribution is -0.385. The molecule has 108 valence electrons. The molecule has 0 unspecified atom stereocenters. The lowest BCUT2D eigenvalue weighted by Crippen LogP contribution is -2.14. The number of halogens is 3. The summed E-state index contributed by atoms with van der Waals surface area (Å²) in [6, 6.07) is 5.96. The Labute approximate surface area is 137 Å². The van der Waals surface area contributed by atoms with E-state index in [9.17, 15) is 14.9 Å². The van der Waals surface area contributed by atoms with Gasteiger partial charge in [-0.3, -0.25) is 14.9 Å². The number of hydrogen-bond donors (Lipinski definition) is 1. The van der Waals surface area contributed by atoms with E-state index in [1.165, 1.54) is 12.3 Å². The summed E-state index contributed by atoms with van der Waals surface area (Å²) in [7, 11) is 0. The van der Waals surface area contributed by atoms with E-state index in [2.05, 4.69) is 26.2 Å². The first-order chi connectivity index (χ1) is 9.90. The van der Waals surface area contributed by atoms with Crippen LogP contribution in [0.15, 0.2) is 34.9 Å². The summed E-state index contributed by atoms with van der Waals surface area (Å²) < 4.78 is 0.547. The SMILES string of the molecule is O=C(Nc1ccc(Cl)cc1Br)c1ccnc(Cl)c1[N+](=O)[O-]. The van der Waals surface area contributed by atoms with E-state index in [-0.39, 0.29) is 10.7 Å². The average molecular weight is 391 g/mol. The molecule has 1 amide bonds. The van der Waals surface area contributed by atoms with Crippen LogP contribution in [0.25, 0.3) is 0 Å². The summed E-state index contributed by atoms with van der Waals surface area (Å²) in [5.74, 6) is -0.672. The summed E-state index contributed by atoms with van der Waals surface area (Å²) in [6.07, 6.45) is 1.22. The third-order valence-electron chi connectivity index (χ3n) is 2.49. The number of pyridine rings is 1. The van der Waals surface area contributed by atoms with Crippen LogP contribution in [0.4, 0.5) is 11.4 Å². The molecule has 0 saturated heterocycles. The van der Waals surface area contributed by atoms with E-state index in [1.54, 1.807) is 18.2 Å². The third kappa shape index (κ3) is 3.49. The Hall–Kier alpha value is -1.70. The van der Waals surface area contributed by atoms with Crippen molar-refractivity contribution in [3.05, 3.63) is 60.8 Å². The van der Waals surface area contributed by atoms with Crippen LogP contribution >= 0.6 is 39.1 Å². The lowest BCUT2D eigenvalue weighted by atomic mass is 10.2. The molecule has 0 spiro atoms. The van der Waals surface area contributed by atoms with Gasteiger partial charge in [-0.1, -0.05) is 23.2 Å². The van der Waals surface area contributed by atoms with Crippen molar-refractivity contribution < 1.29 is 9.72 Å². The quantitative estimate of drug-likeness (QED) is 0.480. The van der Waals surface area contributed by atoms with Crippen molar-refractivity contribution in [2.24, 2.45) is 0 Å². The maximum absolute atomic E-state index is 12.2. The number of aromatic nitrogens is 1. The number of carbonyl (C=O) groups excluding carboxylic acids is 1. The van der Waals surface area contributed by atoms with Crippen molar-refractivity contribution in [2.45, 2.75) is 0 Å². The first kappa shape index (κ1) is 15.7. The standard InChI is InChI=1S/C12H6BrCl2N3O3/c13-8-5-6(14)1-2-9(8)17-12(19)7-3-4-16-11(15)10(7)18(20)21/h1-5H,(H,17,19). The van der Waals surface area contributed by atoms with Crippen LogP contribution in [0.5, 0.6) is 0 Å². The Morgan fingerprint density at radius 3 is 2.67 bits per heavy atom. The minimum absolute atomic E-state index is 0.179. The van der Waals surface area contributed by atoms with Gasteiger partial charge in [-0.2, -0.15) is 0 Å². The highest BCUT2D eigenvalue weighted by Crippen LogP contribution is 2.29. The summed E-state index contributed by atoms with van der Waals surface area (Å²) in [6.45, 7) is 0. The molecule has 0 bridgehead atoms. The highest BCUT2D eigenvalue weighted by Gasteiger charge is 2.25. The van der Waals surface area contributed by atoms with E-state index in [4.69, 9.17) is 23.2 Å². The topological polar surface area (TPSA) is 85.1 Å². The molecule has 0 fully saturated rings. The molecule has 0 radical (unpaired) electrons. The van der Waals surface area contributed by atoms with E-state index < -0.39 is 16.5 Å². The molecule has 6 nitrogen and oxygen atoms in total. The number of nitrogens with zero attached hydrogens (tertiary/aromatic N) is 2. The number of nitro groups is 1. The van der Waals surface area contributed by atoms with Crippen molar-refractivity contribution >= 4 is 56.4 Å². The van der Waals surface area contributed by atoms with Crippen molar-refractivity contribution in [3.63, 3.8) is 0 Å². The van der Waals surface area contributed by atoms with Crippen LogP contribution in [-0.4, -0.2) is 15.8 Å². The Bertz CT molecular complexity index is 740. The van der Waals surface area contributed by atoms with E-state index in [0.29, 0.717) is 15.2 Å². The van der Waals surface area contributed by atoms with Gasteiger partial charge in [-0.15, -0.1) is 0 Å². The molecular weight excluding hydrogens is 385 g/mol. The van der Waals surface area contributed by atoms with Gasteiger partial charge >= 0.3 is 5.69 Å². The molecule has 0 atom stereocenters. The molecule has 1 heterocycles. The second-order valence-corrected chi connectivity index (χ2v) is 5.48. The maximum atomic E-state index is 12.2.